The van der Waals surface area contributed by atoms with Crippen LogP contribution in [0.25, 0.3) is 0 Å². The highest BCUT2D eigenvalue weighted by atomic mass is 15.0. The van der Waals surface area contributed by atoms with Crippen molar-refractivity contribution in [2.75, 3.05) is 6.54 Å². The smallest absolute Gasteiger partial charge is 0.0139 e. The van der Waals surface area contributed by atoms with Gasteiger partial charge in [0.15, 0.2) is 0 Å². The number of nitrogens with one attached hydrogen (secondary N) is 1. The first-order valence-electron chi connectivity index (χ1n) is 7.44. The Kier molecular flexibility index (Phi) is 4.82. The summed E-state index contributed by atoms with van der Waals surface area (Å²) in [5, 5.41) is 3.71. The molecule has 0 radical (unpaired) electrons. The van der Waals surface area contributed by atoms with Crippen molar-refractivity contribution in [1.82, 2.24) is 5.32 Å². The van der Waals surface area contributed by atoms with Crippen LogP contribution < -0.4 is 5.32 Å². The molecule has 0 saturated carbocycles. The van der Waals surface area contributed by atoms with E-state index in [9.17, 15) is 0 Å². The molecule has 1 aromatic rings. The third kappa shape index (κ3) is 3.58. The van der Waals surface area contributed by atoms with Crippen molar-refractivity contribution in [2.24, 2.45) is 17.8 Å². The van der Waals surface area contributed by atoms with Crippen LogP contribution in [0.3, 0.4) is 0 Å². The lowest BCUT2D eigenvalue weighted by Gasteiger charge is -2.27. The summed E-state index contributed by atoms with van der Waals surface area (Å²) < 4.78 is 0. The first kappa shape index (κ1) is 13.6. The van der Waals surface area contributed by atoms with Gasteiger partial charge in [0.05, 0.1) is 0 Å². The molecule has 1 aliphatic rings. The molecular formula is C17H27N. The standard InChI is InChI=1S/C17H27N/c1-13(2)11-14(3)16-9-10-18-17(16)12-15-7-5-4-6-8-15/h4-8,13-14,16-18H,9-12H2,1-3H3. The summed E-state index contributed by atoms with van der Waals surface area (Å²) in [6.07, 6.45) is 3.90. The molecular weight excluding hydrogens is 218 g/mol. The van der Waals surface area contributed by atoms with Crippen molar-refractivity contribution in [2.45, 2.75) is 46.1 Å². The van der Waals surface area contributed by atoms with Crippen molar-refractivity contribution >= 4 is 0 Å². The highest BCUT2D eigenvalue weighted by Gasteiger charge is 2.31. The highest BCUT2D eigenvalue weighted by molar-refractivity contribution is 5.16. The normalized spacial score (nSPS) is 25.6. The fraction of sp³-hybridized carbons (Fsp3) is 0.647. The first-order chi connectivity index (χ1) is 8.66. The maximum absolute atomic E-state index is 3.71. The van der Waals surface area contributed by atoms with Gasteiger partial charge in [-0.2, -0.15) is 0 Å². The molecule has 18 heavy (non-hydrogen) atoms. The maximum atomic E-state index is 3.71. The zero-order valence-corrected chi connectivity index (χ0v) is 12.0. The molecule has 0 spiro atoms. The zero-order valence-electron chi connectivity index (χ0n) is 12.0. The Morgan fingerprint density at radius 1 is 1.17 bits per heavy atom. The minimum Gasteiger partial charge on any atom is -0.313 e. The molecule has 0 amide bonds. The van der Waals surface area contributed by atoms with Crippen LogP contribution in [0.5, 0.6) is 0 Å². The van der Waals surface area contributed by atoms with Crippen LogP contribution in [0.2, 0.25) is 0 Å². The Labute approximate surface area is 112 Å². The van der Waals surface area contributed by atoms with Gasteiger partial charge in [0.25, 0.3) is 0 Å². The number of hydrogen-bond acceptors (Lipinski definition) is 1. The van der Waals surface area contributed by atoms with Crippen LogP contribution >= 0.6 is 0 Å². The molecule has 1 aromatic carbocycles. The third-order valence-corrected chi connectivity index (χ3v) is 4.27. The fourth-order valence-electron chi connectivity index (χ4n) is 3.48. The van der Waals surface area contributed by atoms with Crippen LogP contribution in [0.4, 0.5) is 0 Å². The van der Waals surface area contributed by atoms with E-state index in [1.165, 1.54) is 31.4 Å². The highest BCUT2D eigenvalue weighted by Crippen LogP contribution is 2.30. The maximum Gasteiger partial charge on any atom is 0.0139 e. The van der Waals surface area contributed by atoms with Gasteiger partial charge in [-0.05, 0) is 49.1 Å². The number of hydrogen-bond donors (Lipinski definition) is 1. The second kappa shape index (κ2) is 6.38. The van der Waals surface area contributed by atoms with Crippen molar-refractivity contribution in [3.63, 3.8) is 0 Å². The fourth-order valence-corrected chi connectivity index (χ4v) is 3.48. The molecule has 1 nitrogen and oxygen atoms in total. The number of benzene rings is 1. The molecule has 1 saturated heterocycles. The molecule has 3 unspecified atom stereocenters. The predicted octanol–water partition coefficient (Wildman–Crippen LogP) is 3.89. The van der Waals surface area contributed by atoms with E-state index in [2.05, 4.69) is 56.4 Å². The van der Waals surface area contributed by atoms with Gasteiger partial charge in [0, 0.05) is 6.04 Å². The summed E-state index contributed by atoms with van der Waals surface area (Å²) in [6, 6.07) is 11.6. The minimum absolute atomic E-state index is 0.682. The molecule has 1 N–H and O–H groups in total. The van der Waals surface area contributed by atoms with E-state index >= 15 is 0 Å². The Balaban J connectivity index is 1.95. The second-order valence-electron chi connectivity index (χ2n) is 6.31. The molecule has 0 bridgehead atoms. The summed E-state index contributed by atoms with van der Waals surface area (Å²) in [5.41, 5.74) is 1.47. The monoisotopic (exact) mass is 245 g/mol. The Hall–Kier alpha value is -0.820. The summed E-state index contributed by atoms with van der Waals surface area (Å²) in [6.45, 7) is 8.32. The van der Waals surface area contributed by atoms with Gasteiger partial charge >= 0.3 is 0 Å². The van der Waals surface area contributed by atoms with Gasteiger partial charge < -0.3 is 5.32 Å². The van der Waals surface area contributed by atoms with E-state index in [0.717, 1.165) is 17.8 Å². The lowest BCUT2D eigenvalue weighted by atomic mass is 9.80. The molecule has 1 heteroatoms. The van der Waals surface area contributed by atoms with Gasteiger partial charge in [0.1, 0.15) is 0 Å². The molecule has 2 rings (SSSR count). The van der Waals surface area contributed by atoms with E-state index in [1.807, 2.05) is 0 Å². The van der Waals surface area contributed by atoms with E-state index in [1.54, 1.807) is 0 Å². The molecule has 1 fully saturated rings. The van der Waals surface area contributed by atoms with E-state index in [-0.39, 0.29) is 0 Å². The second-order valence-corrected chi connectivity index (χ2v) is 6.31. The summed E-state index contributed by atoms with van der Waals surface area (Å²) >= 11 is 0. The lowest BCUT2D eigenvalue weighted by Crippen LogP contribution is -2.32. The molecule has 1 aliphatic heterocycles. The van der Waals surface area contributed by atoms with Crippen LogP contribution in [0.15, 0.2) is 30.3 Å². The molecule has 0 aliphatic carbocycles. The predicted molar refractivity (Wildman–Crippen MR) is 78.7 cm³/mol. The summed E-state index contributed by atoms with van der Waals surface area (Å²) in [5.74, 6) is 2.51. The largest absolute Gasteiger partial charge is 0.313 e. The lowest BCUT2D eigenvalue weighted by molar-refractivity contribution is 0.276. The van der Waals surface area contributed by atoms with Crippen molar-refractivity contribution < 1.29 is 0 Å². The summed E-state index contributed by atoms with van der Waals surface area (Å²) in [4.78, 5) is 0. The van der Waals surface area contributed by atoms with E-state index in [4.69, 9.17) is 0 Å². The van der Waals surface area contributed by atoms with Crippen LogP contribution in [-0.2, 0) is 6.42 Å². The van der Waals surface area contributed by atoms with E-state index in [0.29, 0.717) is 6.04 Å². The van der Waals surface area contributed by atoms with Crippen molar-refractivity contribution in [3.8, 4) is 0 Å². The summed E-state index contributed by atoms with van der Waals surface area (Å²) in [7, 11) is 0. The number of rotatable bonds is 5. The average Bonchev–Trinajstić information content (AvgIpc) is 2.77. The zero-order chi connectivity index (χ0) is 13.0. The quantitative estimate of drug-likeness (QED) is 0.830. The molecule has 100 valence electrons. The first-order valence-corrected chi connectivity index (χ1v) is 7.44. The minimum atomic E-state index is 0.682. The molecule has 3 atom stereocenters. The van der Waals surface area contributed by atoms with Gasteiger partial charge in [0.2, 0.25) is 0 Å². The van der Waals surface area contributed by atoms with Crippen LogP contribution in [0.1, 0.15) is 39.2 Å². The Morgan fingerprint density at radius 3 is 2.56 bits per heavy atom. The van der Waals surface area contributed by atoms with Gasteiger partial charge in [-0.3, -0.25) is 0 Å². The Morgan fingerprint density at radius 2 is 1.89 bits per heavy atom. The van der Waals surface area contributed by atoms with Crippen molar-refractivity contribution in [1.29, 1.82) is 0 Å². The van der Waals surface area contributed by atoms with Gasteiger partial charge in [-0.25, -0.2) is 0 Å². The molecule has 0 aromatic heterocycles. The SMILES string of the molecule is CC(C)CC(C)C1CCNC1Cc1ccccc1. The Bertz CT molecular complexity index is 344. The van der Waals surface area contributed by atoms with Crippen LogP contribution in [0, 0.1) is 17.8 Å². The van der Waals surface area contributed by atoms with Gasteiger partial charge in [-0.1, -0.05) is 51.1 Å². The molecule has 1 heterocycles. The topological polar surface area (TPSA) is 12.0 Å². The van der Waals surface area contributed by atoms with Gasteiger partial charge in [-0.15, -0.1) is 0 Å². The average molecular weight is 245 g/mol. The van der Waals surface area contributed by atoms with E-state index < -0.39 is 0 Å². The third-order valence-electron chi connectivity index (χ3n) is 4.27. The van der Waals surface area contributed by atoms with Crippen LogP contribution in [-0.4, -0.2) is 12.6 Å². The van der Waals surface area contributed by atoms with Crippen molar-refractivity contribution in [3.05, 3.63) is 35.9 Å².